The molecule has 29 heavy (non-hydrogen) atoms. The van der Waals surface area contributed by atoms with Gasteiger partial charge in [0.1, 0.15) is 6.61 Å². The van der Waals surface area contributed by atoms with Gasteiger partial charge in [-0.15, -0.1) is 0 Å². The van der Waals surface area contributed by atoms with Crippen LogP contribution < -0.4 is 5.32 Å². The van der Waals surface area contributed by atoms with Crippen molar-refractivity contribution in [3.05, 3.63) is 65.2 Å². The van der Waals surface area contributed by atoms with E-state index in [9.17, 15) is 14.0 Å². The second-order valence-corrected chi connectivity index (χ2v) is 6.90. The minimum absolute atomic E-state index is 0.189. The molecule has 1 N–H and O–H groups in total. The van der Waals surface area contributed by atoms with Crippen molar-refractivity contribution in [3.8, 4) is 0 Å². The van der Waals surface area contributed by atoms with Gasteiger partial charge < -0.3 is 10.1 Å². The fraction of sp³-hybridized carbons (Fsp3) is 0.300. The molecule has 2 aliphatic heterocycles. The lowest BCUT2D eigenvalue weighted by atomic mass is 10.0. The number of cyclic esters (lactones) is 1. The van der Waals surface area contributed by atoms with Gasteiger partial charge in [-0.05, 0) is 24.1 Å². The standard InChI is InChI=1S/C20H20FN5O3/c1-13-2-5-15(6-3-13)18-16(25-8-9-29-20(25)28)12-26(24-18)19(27)23-11-14-4-7-17(21)22-10-14/h2-7,10,16H,8-9,11-12H2,1H3,(H,23,27). The maximum Gasteiger partial charge on any atom is 0.410 e. The molecule has 1 saturated heterocycles. The van der Waals surface area contributed by atoms with Crippen LogP contribution in [0.25, 0.3) is 0 Å². The van der Waals surface area contributed by atoms with E-state index >= 15 is 0 Å². The summed E-state index contributed by atoms with van der Waals surface area (Å²) in [7, 11) is 0. The van der Waals surface area contributed by atoms with Crippen molar-refractivity contribution in [1.29, 1.82) is 0 Å². The molecule has 2 aromatic rings. The van der Waals surface area contributed by atoms with Crippen molar-refractivity contribution in [1.82, 2.24) is 20.2 Å². The Labute approximate surface area is 167 Å². The highest BCUT2D eigenvalue weighted by atomic mass is 19.1. The number of halogens is 1. The van der Waals surface area contributed by atoms with Crippen molar-refractivity contribution in [2.75, 3.05) is 19.7 Å². The number of hydrogen-bond donors (Lipinski definition) is 1. The molecule has 3 heterocycles. The van der Waals surface area contributed by atoms with Crippen LogP contribution in [0.15, 0.2) is 47.7 Å². The van der Waals surface area contributed by atoms with Gasteiger partial charge in [-0.1, -0.05) is 35.9 Å². The lowest BCUT2D eigenvalue weighted by molar-refractivity contribution is 0.151. The topological polar surface area (TPSA) is 87.1 Å². The zero-order valence-corrected chi connectivity index (χ0v) is 15.8. The number of pyridine rings is 1. The first-order chi connectivity index (χ1) is 14.0. The molecule has 1 unspecified atom stereocenters. The number of ether oxygens (including phenoxy) is 1. The summed E-state index contributed by atoms with van der Waals surface area (Å²) in [5, 5.41) is 8.54. The summed E-state index contributed by atoms with van der Waals surface area (Å²) in [6, 6.07) is 9.77. The lowest BCUT2D eigenvalue weighted by Gasteiger charge is -2.23. The molecule has 0 aliphatic carbocycles. The molecular weight excluding hydrogens is 377 g/mol. The summed E-state index contributed by atoms with van der Waals surface area (Å²) in [5.41, 5.74) is 3.26. The number of aromatic nitrogens is 1. The van der Waals surface area contributed by atoms with Gasteiger partial charge in [0.25, 0.3) is 0 Å². The summed E-state index contributed by atoms with van der Waals surface area (Å²) >= 11 is 0. The summed E-state index contributed by atoms with van der Waals surface area (Å²) in [4.78, 5) is 29.9. The molecule has 1 fully saturated rings. The first-order valence-corrected chi connectivity index (χ1v) is 9.26. The second-order valence-electron chi connectivity index (χ2n) is 6.90. The number of rotatable bonds is 4. The Balaban J connectivity index is 1.52. The molecule has 9 heteroatoms. The average Bonchev–Trinajstić information content (AvgIpc) is 3.34. The Bertz CT molecular complexity index is 946. The Morgan fingerprint density at radius 1 is 1.28 bits per heavy atom. The van der Waals surface area contributed by atoms with Crippen LogP contribution in [-0.2, 0) is 11.3 Å². The first-order valence-electron chi connectivity index (χ1n) is 9.26. The number of amides is 3. The summed E-state index contributed by atoms with van der Waals surface area (Å²) < 4.78 is 18.0. The molecule has 3 amide bonds. The predicted octanol–water partition coefficient (Wildman–Crippen LogP) is 2.28. The Morgan fingerprint density at radius 2 is 2.07 bits per heavy atom. The van der Waals surface area contributed by atoms with Crippen LogP contribution in [0, 0.1) is 12.9 Å². The molecule has 1 aromatic carbocycles. The number of hydrogen-bond acceptors (Lipinski definition) is 5. The van der Waals surface area contributed by atoms with Crippen LogP contribution in [-0.4, -0.2) is 58.5 Å². The van der Waals surface area contributed by atoms with E-state index in [-0.39, 0.29) is 19.1 Å². The number of aryl methyl sites for hydroxylation is 1. The number of hydrazone groups is 1. The van der Waals surface area contributed by atoms with Crippen LogP contribution in [0.5, 0.6) is 0 Å². The van der Waals surface area contributed by atoms with Crippen molar-refractivity contribution in [3.63, 3.8) is 0 Å². The molecule has 0 spiro atoms. The number of nitrogens with one attached hydrogen (secondary N) is 1. The van der Waals surface area contributed by atoms with Gasteiger partial charge in [0.05, 0.1) is 24.8 Å². The molecule has 4 rings (SSSR count). The normalized spacial score (nSPS) is 18.6. The van der Waals surface area contributed by atoms with E-state index in [1.54, 1.807) is 11.0 Å². The SMILES string of the molecule is Cc1ccc(C2=NN(C(=O)NCc3ccc(F)nc3)CC2N2CCOC2=O)cc1. The maximum absolute atomic E-state index is 12.9. The largest absolute Gasteiger partial charge is 0.448 e. The molecular formula is C20H20FN5O3. The first kappa shape index (κ1) is 18.9. The Morgan fingerprint density at radius 3 is 2.72 bits per heavy atom. The van der Waals surface area contributed by atoms with Gasteiger partial charge in [0.2, 0.25) is 5.95 Å². The van der Waals surface area contributed by atoms with E-state index in [0.29, 0.717) is 24.4 Å². The smallest absolute Gasteiger partial charge is 0.410 e. The van der Waals surface area contributed by atoms with E-state index < -0.39 is 18.1 Å². The van der Waals surface area contributed by atoms with Gasteiger partial charge in [0, 0.05) is 12.7 Å². The van der Waals surface area contributed by atoms with E-state index in [0.717, 1.165) is 11.1 Å². The molecule has 0 bridgehead atoms. The fourth-order valence-corrected chi connectivity index (χ4v) is 3.31. The number of urea groups is 1. The number of carbonyl (C=O) groups excluding carboxylic acids is 2. The van der Waals surface area contributed by atoms with Gasteiger partial charge in [-0.3, -0.25) is 4.90 Å². The quantitative estimate of drug-likeness (QED) is 0.802. The van der Waals surface area contributed by atoms with Crippen molar-refractivity contribution < 1.29 is 18.7 Å². The Hall–Kier alpha value is -3.49. The van der Waals surface area contributed by atoms with Crippen molar-refractivity contribution >= 4 is 17.8 Å². The molecule has 0 radical (unpaired) electrons. The molecule has 2 aliphatic rings. The summed E-state index contributed by atoms with van der Waals surface area (Å²) in [5.74, 6) is -0.577. The van der Waals surface area contributed by atoms with Crippen LogP contribution in [0.1, 0.15) is 16.7 Å². The fourth-order valence-electron chi connectivity index (χ4n) is 3.31. The second kappa shape index (κ2) is 7.86. The number of benzene rings is 1. The van der Waals surface area contributed by atoms with Crippen molar-refractivity contribution in [2.24, 2.45) is 5.10 Å². The molecule has 8 nitrogen and oxygen atoms in total. The van der Waals surface area contributed by atoms with E-state index in [1.807, 2.05) is 31.2 Å². The maximum atomic E-state index is 12.9. The molecule has 150 valence electrons. The summed E-state index contributed by atoms with van der Waals surface area (Å²) in [6.45, 7) is 3.17. The summed E-state index contributed by atoms with van der Waals surface area (Å²) in [6.07, 6.45) is 0.957. The van der Waals surface area contributed by atoms with E-state index in [1.165, 1.54) is 17.3 Å². The van der Waals surface area contributed by atoms with Crippen LogP contribution in [0.3, 0.4) is 0 Å². The third kappa shape index (κ3) is 4.03. The Kier molecular flexibility index (Phi) is 5.11. The van der Waals surface area contributed by atoms with E-state index in [4.69, 9.17) is 4.74 Å². The minimum atomic E-state index is -0.577. The van der Waals surface area contributed by atoms with Crippen LogP contribution in [0.2, 0.25) is 0 Å². The highest BCUT2D eigenvalue weighted by molar-refractivity contribution is 6.07. The third-order valence-electron chi connectivity index (χ3n) is 4.87. The van der Waals surface area contributed by atoms with Crippen molar-refractivity contribution in [2.45, 2.75) is 19.5 Å². The highest BCUT2D eigenvalue weighted by Gasteiger charge is 2.40. The number of carbonyl (C=O) groups is 2. The van der Waals surface area contributed by atoms with E-state index in [2.05, 4.69) is 15.4 Å². The van der Waals surface area contributed by atoms with Gasteiger partial charge >= 0.3 is 12.1 Å². The third-order valence-corrected chi connectivity index (χ3v) is 4.87. The molecule has 1 atom stereocenters. The van der Waals surface area contributed by atoms with Crippen LogP contribution in [0.4, 0.5) is 14.0 Å². The lowest BCUT2D eigenvalue weighted by Crippen LogP contribution is -2.45. The zero-order chi connectivity index (χ0) is 20.4. The molecule has 1 aromatic heterocycles. The average molecular weight is 397 g/mol. The number of nitrogens with zero attached hydrogens (tertiary/aromatic N) is 4. The van der Waals surface area contributed by atoms with Gasteiger partial charge in [-0.2, -0.15) is 9.49 Å². The minimum Gasteiger partial charge on any atom is -0.448 e. The van der Waals surface area contributed by atoms with Gasteiger partial charge in [0.15, 0.2) is 0 Å². The highest BCUT2D eigenvalue weighted by Crippen LogP contribution is 2.22. The zero-order valence-electron chi connectivity index (χ0n) is 15.8. The molecule has 0 saturated carbocycles. The predicted molar refractivity (Wildman–Crippen MR) is 103 cm³/mol. The van der Waals surface area contributed by atoms with Crippen LogP contribution >= 0.6 is 0 Å². The van der Waals surface area contributed by atoms with Gasteiger partial charge in [-0.25, -0.2) is 19.6 Å². The monoisotopic (exact) mass is 397 g/mol.